The van der Waals surface area contributed by atoms with E-state index in [4.69, 9.17) is 5.11 Å². The van der Waals surface area contributed by atoms with Gasteiger partial charge in [-0.2, -0.15) is 0 Å². The summed E-state index contributed by atoms with van der Waals surface area (Å²) in [5.41, 5.74) is -0.547. The van der Waals surface area contributed by atoms with Gasteiger partial charge < -0.3 is 9.84 Å². The van der Waals surface area contributed by atoms with Crippen LogP contribution in [0.5, 0.6) is 0 Å². The second kappa shape index (κ2) is 2.23. The van der Waals surface area contributed by atoms with E-state index < -0.39 is 11.5 Å². The van der Waals surface area contributed by atoms with Gasteiger partial charge in [-0.25, -0.2) is 0 Å². The minimum Gasteiger partial charge on any atom is -0.469 e. The predicted octanol–water partition coefficient (Wildman–Crippen LogP) is 0.320. The zero-order valence-corrected chi connectivity index (χ0v) is 6.26. The number of carbonyl (C=O) groups is 1. The molecular formula is C7H12O3. The van der Waals surface area contributed by atoms with Crippen LogP contribution in [0.15, 0.2) is 0 Å². The number of aliphatic hydroxyl groups excluding tert-OH is 1. The lowest BCUT2D eigenvalue weighted by molar-refractivity contribution is -0.151. The minimum atomic E-state index is -0.569. The average Bonchev–Trinajstić information content (AvgIpc) is 2.65. The van der Waals surface area contributed by atoms with E-state index in [0.717, 1.165) is 12.8 Å². The van der Waals surface area contributed by atoms with Crippen molar-refractivity contribution in [1.82, 2.24) is 0 Å². The molecule has 3 nitrogen and oxygen atoms in total. The molecule has 0 amide bonds. The molecule has 0 aromatic heterocycles. The molecular weight excluding hydrogens is 132 g/mol. The first-order valence-electron chi connectivity index (χ1n) is 3.40. The van der Waals surface area contributed by atoms with Gasteiger partial charge in [0.15, 0.2) is 0 Å². The topological polar surface area (TPSA) is 46.5 Å². The summed E-state index contributed by atoms with van der Waals surface area (Å²) in [6.45, 7) is 1.63. The Labute approximate surface area is 60.0 Å². The minimum absolute atomic E-state index is 0.275. The fraction of sp³-hybridized carbons (Fsp3) is 0.857. The van der Waals surface area contributed by atoms with Crippen LogP contribution < -0.4 is 0 Å². The number of hydrogen-bond acceptors (Lipinski definition) is 3. The van der Waals surface area contributed by atoms with E-state index in [0.29, 0.717) is 0 Å². The maximum absolute atomic E-state index is 11.0. The zero-order chi connectivity index (χ0) is 7.78. The first kappa shape index (κ1) is 7.54. The summed E-state index contributed by atoms with van der Waals surface area (Å²) < 4.78 is 4.54. The Morgan fingerprint density at radius 1 is 1.70 bits per heavy atom. The Morgan fingerprint density at radius 2 is 2.20 bits per heavy atom. The van der Waals surface area contributed by atoms with Crippen molar-refractivity contribution in [3.63, 3.8) is 0 Å². The second-order valence-electron chi connectivity index (χ2n) is 2.82. The molecule has 1 saturated carbocycles. The van der Waals surface area contributed by atoms with Crippen LogP contribution in [0.2, 0.25) is 0 Å². The molecule has 0 radical (unpaired) electrons. The standard InChI is InChI=1S/C7H12O3/c1-5(8)7(3-4-7)6(9)10-2/h5,8H,3-4H2,1-2H3. The molecule has 0 aromatic carbocycles. The van der Waals surface area contributed by atoms with Crippen molar-refractivity contribution in [2.24, 2.45) is 5.41 Å². The molecule has 1 rings (SSSR count). The van der Waals surface area contributed by atoms with E-state index in [1.54, 1.807) is 6.92 Å². The lowest BCUT2D eigenvalue weighted by Gasteiger charge is -2.14. The summed E-state index contributed by atoms with van der Waals surface area (Å²) in [5.74, 6) is -0.275. The lowest BCUT2D eigenvalue weighted by atomic mass is 10.0. The van der Waals surface area contributed by atoms with Gasteiger partial charge in [0.2, 0.25) is 0 Å². The summed E-state index contributed by atoms with van der Waals surface area (Å²) in [6.07, 6.45) is 0.953. The average molecular weight is 144 g/mol. The third kappa shape index (κ3) is 0.904. The van der Waals surface area contributed by atoms with Gasteiger partial charge in [0.1, 0.15) is 0 Å². The molecule has 1 aliphatic carbocycles. The summed E-state index contributed by atoms with van der Waals surface area (Å²) in [7, 11) is 1.35. The molecule has 1 N–H and O–H groups in total. The van der Waals surface area contributed by atoms with Crippen LogP contribution in [0.25, 0.3) is 0 Å². The van der Waals surface area contributed by atoms with Gasteiger partial charge >= 0.3 is 5.97 Å². The van der Waals surface area contributed by atoms with Crippen LogP contribution in [0.4, 0.5) is 0 Å². The lowest BCUT2D eigenvalue weighted by Crippen LogP contribution is -2.28. The number of esters is 1. The fourth-order valence-corrected chi connectivity index (χ4v) is 1.13. The van der Waals surface area contributed by atoms with Gasteiger partial charge in [-0.15, -0.1) is 0 Å². The van der Waals surface area contributed by atoms with E-state index in [9.17, 15) is 4.79 Å². The molecule has 10 heavy (non-hydrogen) atoms. The van der Waals surface area contributed by atoms with Crippen molar-refractivity contribution in [3.05, 3.63) is 0 Å². The molecule has 0 spiro atoms. The highest BCUT2D eigenvalue weighted by Crippen LogP contribution is 2.49. The summed E-state index contributed by atoms with van der Waals surface area (Å²) in [6, 6.07) is 0. The summed E-state index contributed by atoms with van der Waals surface area (Å²) >= 11 is 0. The Kier molecular flexibility index (Phi) is 1.68. The molecule has 3 heteroatoms. The van der Waals surface area contributed by atoms with Crippen molar-refractivity contribution >= 4 is 5.97 Å². The van der Waals surface area contributed by atoms with Crippen molar-refractivity contribution < 1.29 is 14.6 Å². The first-order valence-corrected chi connectivity index (χ1v) is 3.40. The smallest absolute Gasteiger partial charge is 0.314 e. The quantitative estimate of drug-likeness (QED) is 0.568. The third-order valence-corrected chi connectivity index (χ3v) is 2.18. The van der Waals surface area contributed by atoms with Crippen molar-refractivity contribution in [2.75, 3.05) is 7.11 Å². The van der Waals surface area contributed by atoms with Crippen molar-refractivity contribution in [3.8, 4) is 0 Å². The van der Waals surface area contributed by atoms with Gasteiger partial charge in [0, 0.05) is 0 Å². The summed E-state index contributed by atoms with van der Waals surface area (Å²) in [5, 5.41) is 9.14. The molecule has 0 bridgehead atoms. The third-order valence-electron chi connectivity index (χ3n) is 2.18. The largest absolute Gasteiger partial charge is 0.469 e. The van der Waals surface area contributed by atoms with Gasteiger partial charge in [0.25, 0.3) is 0 Å². The monoisotopic (exact) mass is 144 g/mol. The van der Waals surface area contributed by atoms with Crippen molar-refractivity contribution in [1.29, 1.82) is 0 Å². The van der Waals surface area contributed by atoms with E-state index in [1.165, 1.54) is 7.11 Å². The van der Waals surface area contributed by atoms with E-state index >= 15 is 0 Å². The van der Waals surface area contributed by atoms with E-state index in [-0.39, 0.29) is 5.97 Å². The highest BCUT2D eigenvalue weighted by Gasteiger charge is 2.54. The van der Waals surface area contributed by atoms with Crippen LogP contribution in [0.1, 0.15) is 19.8 Å². The van der Waals surface area contributed by atoms with Crippen LogP contribution in [0, 0.1) is 5.41 Å². The van der Waals surface area contributed by atoms with Crippen LogP contribution in [0.3, 0.4) is 0 Å². The predicted molar refractivity (Wildman–Crippen MR) is 35.4 cm³/mol. The molecule has 1 aliphatic rings. The highest BCUT2D eigenvalue weighted by atomic mass is 16.5. The fourth-order valence-electron chi connectivity index (χ4n) is 1.13. The Morgan fingerprint density at radius 3 is 2.30 bits per heavy atom. The number of methoxy groups -OCH3 is 1. The molecule has 0 saturated heterocycles. The number of carbonyl (C=O) groups excluding carboxylic acids is 1. The first-order chi connectivity index (χ1) is 4.63. The Bertz CT molecular complexity index is 147. The van der Waals surface area contributed by atoms with Gasteiger partial charge in [-0.3, -0.25) is 4.79 Å². The maximum Gasteiger partial charge on any atom is 0.314 e. The van der Waals surface area contributed by atoms with Crippen molar-refractivity contribution in [2.45, 2.75) is 25.9 Å². The molecule has 0 heterocycles. The number of ether oxygens (including phenoxy) is 1. The Balaban J connectivity index is 2.60. The van der Waals surface area contributed by atoms with Crippen LogP contribution >= 0.6 is 0 Å². The van der Waals surface area contributed by atoms with E-state index in [2.05, 4.69) is 4.74 Å². The molecule has 1 unspecified atom stereocenters. The molecule has 0 aliphatic heterocycles. The number of hydrogen-bond donors (Lipinski definition) is 1. The van der Waals surface area contributed by atoms with Gasteiger partial charge in [0.05, 0.1) is 18.6 Å². The summed E-state index contributed by atoms with van der Waals surface area (Å²) in [4.78, 5) is 11.0. The van der Waals surface area contributed by atoms with Gasteiger partial charge in [-0.1, -0.05) is 0 Å². The normalized spacial score (nSPS) is 23.5. The SMILES string of the molecule is COC(=O)C1(C(C)O)CC1. The highest BCUT2D eigenvalue weighted by molar-refractivity contribution is 5.80. The van der Waals surface area contributed by atoms with Crippen LogP contribution in [-0.2, 0) is 9.53 Å². The maximum atomic E-state index is 11.0. The van der Waals surface area contributed by atoms with Gasteiger partial charge in [-0.05, 0) is 19.8 Å². The Hall–Kier alpha value is -0.570. The molecule has 1 fully saturated rings. The number of aliphatic hydroxyl groups is 1. The second-order valence-corrected chi connectivity index (χ2v) is 2.82. The molecule has 58 valence electrons. The molecule has 1 atom stereocenters. The molecule has 0 aromatic rings. The van der Waals surface area contributed by atoms with Crippen LogP contribution in [-0.4, -0.2) is 24.3 Å². The number of rotatable bonds is 2. The zero-order valence-electron chi connectivity index (χ0n) is 6.26. The van der Waals surface area contributed by atoms with E-state index in [1.807, 2.05) is 0 Å².